The fourth-order valence-electron chi connectivity index (χ4n) is 1.30. The van der Waals surface area contributed by atoms with Crippen molar-refractivity contribution in [2.45, 2.75) is 31.7 Å². The van der Waals surface area contributed by atoms with E-state index in [2.05, 4.69) is 52.4 Å². The number of halogens is 2. The molecule has 1 rings (SSSR count). The highest BCUT2D eigenvalue weighted by Gasteiger charge is 1.99. The van der Waals surface area contributed by atoms with Gasteiger partial charge in [0.05, 0.1) is 0 Å². The molecule has 0 bridgehead atoms. The molecular weight excluding hydrogens is 273 g/mol. The maximum absolute atomic E-state index is 6.02. The van der Waals surface area contributed by atoms with Crippen molar-refractivity contribution in [1.82, 2.24) is 5.32 Å². The first-order valence-electron chi connectivity index (χ1n) is 5.31. The molecule has 0 fully saturated rings. The molecule has 0 heterocycles. The lowest BCUT2D eigenvalue weighted by atomic mass is 10.2. The van der Waals surface area contributed by atoms with E-state index in [0.29, 0.717) is 5.38 Å². The van der Waals surface area contributed by atoms with E-state index in [1.165, 1.54) is 5.56 Å². The predicted molar refractivity (Wildman–Crippen MR) is 70.4 cm³/mol. The van der Waals surface area contributed by atoms with E-state index in [4.69, 9.17) is 11.6 Å². The largest absolute Gasteiger partial charge is 0.313 e. The van der Waals surface area contributed by atoms with Crippen LogP contribution >= 0.6 is 27.5 Å². The van der Waals surface area contributed by atoms with Crippen molar-refractivity contribution in [2.75, 3.05) is 6.54 Å². The summed E-state index contributed by atoms with van der Waals surface area (Å²) in [6.45, 7) is 4.02. The molecule has 1 N–H and O–H groups in total. The molecule has 0 saturated heterocycles. The van der Waals surface area contributed by atoms with E-state index in [1.54, 1.807) is 0 Å². The molecule has 1 nitrogen and oxygen atoms in total. The van der Waals surface area contributed by atoms with Crippen LogP contribution in [0.2, 0.25) is 0 Å². The van der Waals surface area contributed by atoms with Gasteiger partial charge in [-0.15, -0.1) is 11.6 Å². The summed E-state index contributed by atoms with van der Waals surface area (Å²) in [5.41, 5.74) is 1.31. The highest BCUT2D eigenvalue weighted by atomic mass is 79.9. The summed E-state index contributed by atoms with van der Waals surface area (Å²) in [6.07, 6.45) is 2.08. The van der Waals surface area contributed by atoms with Crippen LogP contribution in [-0.4, -0.2) is 11.9 Å². The topological polar surface area (TPSA) is 12.0 Å². The van der Waals surface area contributed by atoms with Gasteiger partial charge in [-0.1, -0.05) is 35.0 Å². The molecule has 0 aliphatic carbocycles. The molecule has 1 unspecified atom stereocenters. The van der Waals surface area contributed by atoms with Gasteiger partial charge < -0.3 is 5.32 Å². The van der Waals surface area contributed by atoms with Crippen LogP contribution in [0.15, 0.2) is 28.7 Å². The zero-order valence-corrected chi connectivity index (χ0v) is 11.3. The van der Waals surface area contributed by atoms with E-state index in [9.17, 15) is 0 Å². The number of alkyl halides is 1. The van der Waals surface area contributed by atoms with Gasteiger partial charge in [-0.25, -0.2) is 0 Å². The van der Waals surface area contributed by atoms with E-state index < -0.39 is 0 Å². The van der Waals surface area contributed by atoms with E-state index >= 15 is 0 Å². The number of nitrogens with one attached hydrogen (secondary N) is 1. The van der Waals surface area contributed by atoms with Crippen LogP contribution in [0.5, 0.6) is 0 Å². The lowest BCUT2D eigenvalue weighted by Crippen LogP contribution is -2.17. The van der Waals surface area contributed by atoms with Gasteiger partial charge in [0.15, 0.2) is 0 Å². The van der Waals surface area contributed by atoms with Gasteiger partial charge in [0, 0.05) is 16.4 Å². The Hall–Kier alpha value is -0.0500. The molecule has 0 aromatic heterocycles. The van der Waals surface area contributed by atoms with Gasteiger partial charge in [0.1, 0.15) is 0 Å². The normalized spacial score (nSPS) is 12.7. The Morgan fingerprint density at radius 2 is 2.00 bits per heavy atom. The van der Waals surface area contributed by atoms with Crippen LogP contribution in [0.1, 0.15) is 25.3 Å². The zero-order valence-electron chi connectivity index (χ0n) is 8.97. The summed E-state index contributed by atoms with van der Waals surface area (Å²) in [6, 6.07) is 8.37. The van der Waals surface area contributed by atoms with Crippen molar-refractivity contribution in [3.8, 4) is 0 Å². The maximum Gasteiger partial charge on any atom is 0.0345 e. The lowest BCUT2D eigenvalue weighted by Gasteiger charge is -2.07. The Morgan fingerprint density at radius 1 is 1.33 bits per heavy atom. The van der Waals surface area contributed by atoms with Crippen LogP contribution in [0.3, 0.4) is 0 Å². The van der Waals surface area contributed by atoms with Crippen LogP contribution in [0, 0.1) is 0 Å². The number of rotatable bonds is 6. The third-order valence-electron chi connectivity index (χ3n) is 2.32. The van der Waals surface area contributed by atoms with Gasteiger partial charge in [-0.2, -0.15) is 0 Å². The minimum Gasteiger partial charge on any atom is -0.313 e. The summed E-state index contributed by atoms with van der Waals surface area (Å²) in [4.78, 5) is 0. The Labute approximate surface area is 105 Å². The van der Waals surface area contributed by atoms with Gasteiger partial charge in [0.2, 0.25) is 0 Å². The smallest absolute Gasteiger partial charge is 0.0345 e. The second kappa shape index (κ2) is 7.26. The highest BCUT2D eigenvalue weighted by molar-refractivity contribution is 9.10. The second-order valence-electron chi connectivity index (χ2n) is 3.60. The Morgan fingerprint density at radius 3 is 2.60 bits per heavy atom. The van der Waals surface area contributed by atoms with Crippen molar-refractivity contribution in [1.29, 1.82) is 0 Å². The third-order valence-corrected chi connectivity index (χ3v) is 3.38. The summed E-state index contributed by atoms with van der Waals surface area (Å²) in [5, 5.41) is 3.69. The molecule has 0 saturated carbocycles. The fourth-order valence-corrected chi connectivity index (χ4v) is 1.67. The van der Waals surface area contributed by atoms with Gasteiger partial charge in [0.25, 0.3) is 0 Å². The molecule has 0 spiro atoms. The van der Waals surface area contributed by atoms with Crippen molar-refractivity contribution >= 4 is 27.5 Å². The minimum atomic E-state index is 0.308. The Kier molecular flexibility index (Phi) is 6.30. The van der Waals surface area contributed by atoms with Crippen LogP contribution in [0.25, 0.3) is 0 Å². The Balaban J connectivity index is 2.17. The van der Waals surface area contributed by atoms with Crippen molar-refractivity contribution in [2.24, 2.45) is 0 Å². The second-order valence-corrected chi connectivity index (χ2v) is 5.13. The van der Waals surface area contributed by atoms with Crippen molar-refractivity contribution in [3.63, 3.8) is 0 Å². The van der Waals surface area contributed by atoms with Gasteiger partial charge >= 0.3 is 0 Å². The molecular formula is C12H17BrClN. The average molecular weight is 291 g/mol. The predicted octanol–water partition coefficient (Wildman–Crippen LogP) is 3.95. The first kappa shape index (κ1) is 13.0. The van der Waals surface area contributed by atoms with Crippen molar-refractivity contribution < 1.29 is 0 Å². The van der Waals surface area contributed by atoms with Crippen molar-refractivity contribution in [3.05, 3.63) is 34.3 Å². The monoisotopic (exact) mass is 289 g/mol. The SMILES string of the molecule is CCC(Cl)CCNCc1ccc(Br)cc1. The summed E-state index contributed by atoms with van der Waals surface area (Å²) >= 11 is 9.44. The minimum absolute atomic E-state index is 0.308. The summed E-state index contributed by atoms with van der Waals surface area (Å²) < 4.78 is 1.12. The molecule has 1 atom stereocenters. The molecule has 0 aliphatic heterocycles. The number of benzene rings is 1. The third kappa shape index (κ3) is 5.55. The van der Waals surface area contributed by atoms with Gasteiger partial charge in [-0.05, 0) is 37.1 Å². The van der Waals surface area contributed by atoms with Crippen LogP contribution in [-0.2, 0) is 6.54 Å². The lowest BCUT2D eigenvalue weighted by molar-refractivity contribution is 0.622. The molecule has 0 amide bonds. The standard InChI is InChI=1S/C12H17BrClN/c1-2-12(14)7-8-15-9-10-3-5-11(13)6-4-10/h3-6,12,15H,2,7-9H2,1H3. The van der Waals surface area contributed by atoms with Crippen LogP contribution in [0.4, 0.5) is 0 Å². The molecule has 1 aromatic rings. The fraction of sp³-hybridized carbons (Fsp3) is 0.500. The summed E-state index contributed by atoms with van der Waals surface area (Å²) in [7, 11) is 0. The quantitative estimate of drug-likeness (QED) is 0.618. The van der Waals surface area contributed by atoms with E-state index in [0.717, 1.165) is 30.4 Å². The first-order valence-corrected chi connectivity index (χ1v) is 6.54. The summed E-state index contributed by atoms with van der Waals surface area (Å²) in [5.74, 6) is 0. The molecule has 3 heteroatoms. The first-order chi connectivity index (χ1) is 7.22. The van der Waals surface area contributed by atoms with Gasteiger partial charge in [-0.3, -0.25) is 0 Å². The zero-order chi connectivity index (χ0) is 11.1. The molecule has 84 valence electrons. The van der Waals surface area contributed by atoms with E-state index in [1.807, 2.05) is 0 Å². The molecule has 0 radical (unpaired) electrons. The Bertz CT molecular complexity index is 273. The molecule has 15 heavy (non-hydrogen) atoms. The number of hydrogen-bond acceptors (Lipinski definition) is 1. The average Bonchev–Trinajstić information content (AvgIpc) is 2.26. The maximum atomic E-state index is 6.02. The molecule has 1 aromatic carbocycles. The highest BCUT2D eigenvalue weighted by Crippen LogP contribution is 2.10. The van der Waals surface area contributed by atoms with E-state index in [-0.39, 0.29) is 0 Å². The van der Waals surface area contributed by atoms with Crippen LogP contribution < -0.4 is 5.32 Å². The number of hydrogen-bond donors (Lipinski definition) is 1. The molecule has 0 aliphatic rings.